The van der Waals surface area contributed by atoms with Crippen molar-refractivity contribution in [2.24, 2.45) is 0 Å². The lowest BCUT2D eigenvalue weighted by Crippen LogP contribution is -2.47. The molecule has 0 unspecified atom stereocenters. The van der Waals surface area contributed by atoms with Crippen LogP contribution in [0, 0.1) is 0 Å². The minimum Gasteiger partial charge on any atom is -0.262 e. The Balaban J connectivity index is 1.61. The molecule has 2 heterocycles. The molecule has 236 valence electrons. The zero-order valence-electron chi connectivity index (χ0n) is 23.5. The predicted octanol–water partition coefficient (Wildman–Crippen LogP) is 7.20. The second-order valence-electron chi connectivity index (χ2n) is 10.0. The summed E-state index contributed by atoms with van der Waals surface area (Å²) in [6.45, 7) is 1.91. The Bertz CT molecular complexity index is 1900. The minimum absolute atomic E-state index is 0.0487. The van der Waals surface area contributed by atoms with E-state index in [4.69, 9.17) is 11.6 Å². The number of hydrogen-bond donors (Lipinski definition) is 2. The number of rotatable bonds is 11. The summed E-state index contributed by atoms with van der Waals surface area (Å²) in [6, 6.07) is 20.5. The van der Waals surface area contributed by atoms with Crippen LogP contribution < -0.4 is 4.72 Å². The standard InChI is InChI=1S/C29H25ClF5N7O2S/c1-2-3-11-24-22(17-18-13-15-19(16-14-18)20-8-4-5-9-21(20)26-36-40-41-37-26)27(39-45(43,44)29(34,35)28(31,32)33)42(38-24)25-12-7-6-10-23(25)30/h4-10,12-16,39H,2-3,11,17H2,1H3,(H,36,37,40,41). The second kappa shape index (κ2) is 12.6. The first-order valence-corrected chi connectivity index (χ1v) is 15.4. The van der Waals surface area contributed by atoms with Crippen molar-refractivity contribution < 1.29 is 30.4 Å². The average molecular weight is 666 g/mol. The van der Waals surface area contributed by atoms with Gasteiger partial charge in [-0.3, -0.25) is 4.72 Å². The molecule has 0 bridgehead atoms. The van der Waals surface area contributed by atoms with E-state index in [1.165, 1.54) is 16.9 Å². The van der Waals surface area contributed by atoms with Crippen molar-refractivity contribution in [1.82, 2.24) is 30.4 Å². The first kappa shape index (κ1) is 32.0. The molecule has 5 aromatic rings. The van der Waals surface area contributed by atoms with E-state index in [1.807, 2.05) is 31.2 Å². The summed E-state index contributed by atoms with van der Waals surface area (Å²) >= 11 is 6.34. The van der Waals surface area contributed by atoms with Gasteiger partial charge in [-0.1, -0.05) is 85.6 Å². The number of aromatic nitrogens is 6. The van der Waals surface area contributed by atoms with Crippen LogP contribution in [0.15, 0.2) is 72.8 Å². The number of nitrogens with zero attached hydrogens (tertiary/aromatic N) is 5. The van der Waals surface area contributed by atoms with Crippen LogP contribution in [0.4, 0.5) is 27.8 Å². The number of unbranched alkanes of at least 4 members (excludes halogenated alkanes) is 1. The van der Waals surface area contributed by atoms with E-state index in [0.29, 0.717) is 36.3 Å². The van der Waals surface area contributed by atoms with E-state index in [-0.39, 0.29) is 22.7 Å². The number of sulfonamides is 1. The maximum absolute atomic E-state index is 14.3. The Morgan fingerprint density at radius 3 is 2.22 bits per heavy atom. The molecular formula is C29H25ClF5N7O2S. The van der Waals surface area contributed by atoms with Crippen molar-refractivity contribution in [2.45, 2.75) is 44.0 Å². The lowest BCUT2D eigenvalue weighted by Gasteiger charge is -2.21. The number of tetrazole rings is 1. The number of para-hydroxylation sites is 1. The van der Waals surface area contributed by atoms with Gasteiger partial charge in [-0.2, -0.15) is 35.5 Å². The van der Waals surface area contributed by atoms with Crippen molar-refractivity contribution in [3.8, 4) is 28.2 Å². The molecule has 0 amide bonds. The summed E-state index contributed by atoms with van der Waals surface area (Å²) in [7, 11) is -6.34. The number of hydrogen-bond acceptors (Lipinski definition) is 6. The molecule has 0 atom stereocenters. The molecule has 5 rings (SSSR count). The van der Waals surface area contributed by atoms with E-state index in [0.717, 1.165) is 21.4 Å². The van der Waals surface area contributed by atoms with E-state index in [1.54, 1.807) is 36.4 Å². The average Bonchev–Trinajstić information content (AvgIpc) is 3.65. The predicted molar refractivity (Wildman–Crippen MR) is 159 cm³/mol. The van der Waals surface area contributed by atoms with Crippen LogP contribution in [0.1, 0.15) is 36.6 Å². The van der Waals surface area contributed by atoms with Gasteiger partial charge in [0.1, 0.15) is 5.82 Å². The molecule has 0 radical (unpaired) electrons. The summed E-state index contributed by atoms with van der Waals surface area (Å²) in [4.78, 5) is 0. The van der Waals surface area contributed by atoms with Crippen LogP contribution in [-0.4, -0.2) is 50.3 Å². The monoisotopic (exact) mass is 665 g/mol. The van der Waals surface area contributed by atoms with Gasteiger partial charge in [-0.15, -0.1) is 5.10 Å². The third-order valence-corrected chi connectivity index (χ3v) is 8.67. The molecule has 0 spiro atoms. The normalized spacial score (nSPS) is 12.4. The first-order chi connectivity index (χ1) is 21.3. The van der Waals surface area contributed by atoms with E-state index < -0.39 is 27.3 Å². The fourth-order valence-corrected chi connectivity index (χ4v) is 5.81. The molecule has 0 saturated heterocycles. The molecular weight excluding hydrogens is 641 g/mol. The molecule has 0 aliphatic rings. The first-order valence-electron chi connectivity index (χ1n) is 13.6. The van der Waals surface area contributed by atoms with Crippen molar-refractivity contribution in [3.05, 3.63) is 94.6 Å². The molecule has 3 aromatic carbocycles. The Hall–Kier alpha value is -4.37. The van der Waals surface area contributed by atoms with Crippen molar-refractivity contribution >= 4 is 27.4 Å². The van der Waals surface area contributed by atoms with E-state index >= 15 is 0 Å². The number of H-pyrrole nitrogens is 1. The topological polar surface area (TPSA) is 118 Å². The molecule has 0 aliphatic heterocycles. The molecule has 0 aliphatic carbocycles. The lowest BCUT2D eigenvalue weighted by atomic mass is 9.96. The second-order valence-corrected chi connectivity index (χ2v) is 12.2. The smallest absolute Gasteiger partial charge is 0.262 e. The highest BCUT2D eigenvalue weighted by Gasteiger charge is 2.68. The number of aryl methyl sites for hydroxylation is 1. The molecule has 16 heteroatoms. The number of aromatic amines is 1. The third-order valence-electron chi connectivity index (χ3n) is 6.99. The quantitative estimate of drug-likeness (QED) is 0.144. The highest BCUT2D eigenvalue weighted by Crippen LogP contribution is 2.42. The van der Waals surface area contributed by atoms with Crippen molar-refractivity contribution in [3.63, 3.8) is 0 Å². The molecule has 9 nitrogen and oxygen atoms in total. The summed E-state index contributed by atoms with van der Waals surface area (Å²) in [5, 5.41) is 12.4. The number of anilines is 1. The molecule has 2 aromatic heterocycles. The fourth-order valence-electron chi connectivity index (χ4n) is 4.69. The van der Waals surface area contributed by atoms with Gasteiger partial charge < -0.3 is 0 Å². The van der Waals surface area contributed by atoms with Gasteiger partial charge in [0.15, 0.2) is 5.82 Å². The van der Waals surface area contributed by atoms with Gasteiger partial charge in [0.2, 0.25) is 0 Å². The molecule has 2 N–H and O–H groups in total. The Morgan fingerprint density at radius 2 is 1.60 bits per heavy atom. The Labute approximate surface area is 259 Å². The maximum atomic E-state index is 14.3. The minimum atomic E-state index is -6.37. The van der Waals surface area contributed by atoms with Crippen LogP contribution in [0.3, 0.4) is 0 Å². The Morgan fingerprint density at radius 1 is 0.933 bits per heavy atom. The lowest BCUT2D eigenvalue weighted by molar-refractivity contribution is -0.241. The maximum Gasteiger partial charge on any atom is 0.471 e. The number of halogens is 6. The SMILES string of the molecule is CCCCc1nn(-c2ccccc2Cl)c(NS(=O)(=O)C(F)(F)C(F)(F)F)c1Cc1ccc(-c2ccccc2-c2nnn[nH]2)cc1. The van der Waals surface area contributed by atoms with Crippen molar-refractivity contribution in [1.29, 1.82) is 0 Å². The van der Waals surface area contributed by atoms with Gasteiger partial charge in [0.25, 0.3) is 0 Å². The highest BCUT2D eigenvalue weighted by molar-refractivity contribution is 7.93. The number of alkyl halides is 5. The van der Waals surface area contributed by atoms with E-state index in [9.17, 15) is 30.4 Å². The summed E-state index contributed by atoms with van der Waals surface area (Å²) in [6.07, 6.45) is -4.82. The Kier molecular flexibility index (Phi) is 8.94. The fraction of sp³-hybridized carbons (Fsp3) is 0.241. The molecule has 0 saturated carbocycles. The van der Waals surface area contributed by atoms with Gasteiger partial charge in [-0.25, -0.2) is 9.78 Å². The number of nitrogens with one attached hydrogen (secondary N) is 2. The van der Waals surface area contributed by atoms with Crippen LogP contribution in [0.2, 0.25) is 5.02 Å². The number of benzene rings is 3. The third kappa shape index (κ3) is 6.40. The zero-order valence-corrected chi connectivity index (χ0v) is 25.1. The van der Waals surface area contributed by atoms with Crippen molar-refractivity contribution in [2.75, 3.05) is 4.72 Å². The summed E-state index contributed by atoms with van der Waals surface area (Å²) < 4.78 is 95.9. The van der Waals surface area contributed by atoms with Gasteiger partial charge in [0.05, 0.1) is 16.4 Å². The van der Waals surface area contributed by atoms with Gasteiger partial charge >= 0.3 is 21.5 Å². The van der Waals surface area contributed by atoms with Gasteiger partial charge in [0, 0.05) is 17.5 Å². The van der Waals surface area contributed by atoms with Crippen LogP contribution in [0.25, 0.3) is 28.2 Å². The van der Waals surface area contributed by atoms with E-state index in [2.05, 4.69) is 25.7 Å². The molecule has 45 heavy (non-hydrogen) atoms. The van der Waals surface area contributed by atoms with Crippen LogP contribution in [-0.2, 0) is 22.9 Å². The summed E-state index contributed by atoms with van der Waals surface area (Å²) in [5.41, 5.74) is 3.47. The molecule has 0 fully saturated rings. The highest BCUT2D eigenvalue weighted by atomic mass is 35.5. The van der Waals surface area contributed by atoms with Gasteiger partial charge in [-0.05, 0) is 52.1 Å². The largest absolute Gasteiger partial charge is 0.471 e. The van der Waals surface area contributed by atoms with Crippen LogP contribution >= 0.6 is 11.6 Å². The summed E-state index contributed by atoms with van der Waals surface area (Å²) in [5.74, 6) is -0.111. The van der Waals surface area contributed by atoms with Crippen LogP contribution in [0.5, 0.6) is 0 Å². The zero-order chi connectivity index (χ0) is 32.4.